The predicted molar refractivity (Wildman–Crippen MR) is 72.7 cm³/mol. The van der Waals surface area contributed by atoms with Gasteiger partial charge in [0.2, 0.25) is 5.91 Å². The third kappa shape index (κ3) is 2.82. The number of carbonyl (C=O) groups is 1. The van der Waals surface area contributed by atoms with Crippen molar-refractivity contribution in [1.29, 1.82) is 0 Å². The number of hydrogen-bond acceptors (Lipinski definition) is 5. The first-order chi connectivity index (χ1) is 9.74. The molecule has 0 aromatic carbocycles. The van der Waals surface area contributed by atoms with Crippen LogP contribution < -0.4 is 0 Å². The van der Waals surface area contributed by atoms with Crippen molar-refractivity contribution >= 4 is 5.91 Å². The van der Waals surface area contributed by atoms with Crippen molar-refractivity contribution < 1.29 is 4.79 Å². The number of likely N-dealkylation sites (tertiary alicyclic amines) is 2. The SMILES string of the molecule is CN1CCC(CC(=O)N2CCCC2c2nn[nH]n2)CC1. The summed E-state index contributed by atoms with van der Waals surface area (Å²) in [5.74, 6) is 1.44. The van der Waals surface area contributed by atoms with Gasteiger partial charge in [0.05, 0.1) is 6.04 Å². The summed E-state index contributed by atoms with van der Waals surface area (Å²) >= 11 is 0. The Morgan fingerprint density at radius 3 is 2.80 bits per heavy atom. The van der Waals surface area contributed by atoms with Crippen LogP contribution in [0.3, 0.4) is 0 Å². The second kappa shape index (κ2) is 5.87. The first-order valence-corrected chi connectivity index (χ1v) is 7.45. The molecule has 1 N–H and O–H groups in total. The van der Waals surface area contributed by atoms with E-state index in [-0.39, 0.29) is 11.9 Å². The van der Waals surface area contributed by atoms with Gasteiger partial charge >= 0.3 is 0 Å². The molecular formula is C13H22N6O. The molecule has 7 nitrogen and oxygen atoms in total. The van der Waals surface area contributed by atoms with Crippen molar-refractivity contribution in [2.45, 2.75) is 38.1 Å². The molecule has 1 aromatic heterocycles. The van der Waals surface area contributed by atoms with Crippen LogP contribution in [0.15, 0.2) is 0 Å². The number of carbonyl (C=O) groups excluding carboxylic acids is 1. The molecule has 3 heterocycles. The van der Waals surface area contributed by atoms with E-state index in [2.05, 4.69) is 32.6 Å². The first kappa shape index (κ1) is 13.5. The Balaban J connectivity index is 1.59. The second-order valence-electron chi connectivity index (χ2n) is 5.97. The van der Waals surface area contributed by atoms with Gasteiger partial charge in [-0.2, -0.15) is 5.21 Å². The largest absolute Gasteiger partial charge is 0.332 e. The molecule has 1 atom stereocenters. The maximum absolute atomic E-state index is 12.5. The highest BCUT2D eigenvalue weighted by atomic mass is 16.2. The summed E-state index contributed by atoms with van der Waals surface area (Å²) in [5.41, 5.74) is 0. The maximum atomic E-state index is 12.5. The van der Waals surface area contributed by atoms with Crippen LogP contribution >= 0.6 is 0 Å². The monoisotopic (exact) mass is 278 g/mol. The molecule has 110 valence electrons. The lowest BCUT2D eigenvalue weighted by atomic mass is 9.93. The second-order valence-corrected chi connectivity index (χ2v) is 5.97. The normalized spacial score (nSPS) is 25.2. The fourth-order valence-electron chi connectivity index (χ4n) is 3.27. The van der Waals surface area contributed by atoms with Gasteiger partial charge < -0.3 is 9.80 Å². The van der Waals surface area contributed by atoms with E-state index < -0.39 is 0 Å². The Hall–Kier alpha value is -1.50. The minimum absolute atomic E-state index is 0.0208. The molecule has 2 aliphatic rings. The fourth-order valence-corrected chi connectivity index (χ4v) is 3.27. The number of aromatic nitrogens is 4. The van der Waals surface area contributed by atoms with Crippen LogP contribution in [-0.4, -0.2) is 63.0 Å². The summed E-state index contributed by atoms with van der Waals surface area (Å²) in [6, 6.07) is 0.0208. The Kier molecular flexibility index (Phi) is 3.95. The van der Waals surface area contributed by atoms with Crippen molar-refractivity contribution in [2.75, 3.05) is 26.7 Å². The molecule has 0 spiro atoms. The van der Waals surface area contributed by atoms with Gasteiger partial charge in [-0.25, -0.2) is 0 Å². The van der Waals surface area contributed by atoms with Gasteiger partial charge in [-0.1, -0.05) is 5.21 Å². The zero-order valence-corrected chi connectivity index (χ0v) is 12.0. The Morgan fingerprint density at radius 1 is 1.30 bits per heavy atom. The van der Waals surface area contributed by atoms with E-state index in [1.165, 1.54) is 0 Å². The van der Waals surface area contributed by atoms with Crippen molar-refractivity contribution in [3.63, 3.8) is 0 Å². The summed E-state index contributed by atoms with van der Waals surface area (Å²) in [6.45, 7) is 3.03. The molecule has 0 radical (unpaired) electrons. The molecule has 2 aliphatic heterocycles. The number of H-pyrrole nitrogens is 1. The average molecular weight is 278 g/mol. The van der Waals surface area contributed by atoms with E-state index in [1.807, 2.05) is 4.90 Å². The quantitative estimate of drug-likeness (QED) is 0.875. The van der Waals surface area contributed by atoms with Gasteiger partial charge in [-0.3, -0.25) is 4.79 Å². The molecule has 7 heteroatoms. The van der Waals surface area contributed by atoms with Gasteiger partial charge in [0.15, 0.2) is 5.82 Å². The highest BCUT2D eigenvalue weighted by Crippen LogP contribution is 2.31. The molecule has 3 rings (SSSR count). The van der Waals surface area contributed by atoms with Crippen molar-refractivity contribution in [1.82, 2.24) is 30.4 Å². The van der Waals surface area contributed by atoms with Gasteiger partial charge in [0.25, 0.3) is 0 Å². The minimum Gasteiger partial charge on any atom is -0.332 e. The maximum Gasteiger partial charge on any atom is 0.223 e. The van der Waals surface area contributed by atoms with E-state index in [1.54, 1.807) is 0 Å². The van der Waals surface area contributed by atoms with Gasteiger partial charge in [0.1, 0.15) is 0 Å². The number of piperidine rings is 1. The Bertz CT molecular complexity index is 440. The van der Waals surface area contributed by atoms with E-state index in [0.29, 0.717) is 18.2 Å². The van der Waals surface area contributed by atoms with Crippen molar-refractivity contribution in [3.8, 4) is 0 Å². The summed E-state index contributed by atoms with van der Waals surface area (Å²) in [5, 5.41) is 14.2. The third-order valence-electron chi connectivity index (χ3n) is 4.53. The predicted octanol–water partition coefficient (Wildman–Crippen LogP) is 0.595. The molecular weight excluding hydrogens is 256 g/mol. The first-order valence-electron chi connectivity index (χ1n) is 7.45. The molecule has 0 bridgehead atoms. The fraction of sp³-hybridized carbons (Fsp3) is 0.846. The van der Waals surface area contributed by atoms with Crippen molar-refractivity contribution in [3.05, 3.63) is 5.82 Å². The van der Waals surface area contributed by atoms with E-state index in [9.17, 15) is 4.79 Å². The summed E-state index contributed by atoms with van der Waals surface area (Å²) < 4.78 is 0. The number of nitrogens with zero attached hydrogens (tertiary/aromatic N) is 5. The highest BCUT2D eigenvalue weighted by molar-refractivity contribution is 5.77. The van der Waals surface area contributed by atoms with Crippen LogP contribution in [-0.2, 0) is 4.79 Å². The zero-order valence-electron chi connectivity index (χ0n) is 12.0. The minimum atomic E-state index is 0.0208. The Morgan fingerprint density at radius 2 is 2.10 bits per heavy atom. The smallest absolute Gasteiger partial charge is 0.223 e. The van der Waals surface area contributed by atoms with Crippen LogP contribution in [0.2, 0.25) is 0 Å². The van der Waals surface area contributed by atoms with Crippen LogP contribution in [0.4, 0.5) is 0 Å². The number of rotatable bonds is 3. The third-order valence-corrected chi connectivity index (χ3v) is 4.53. The molecule has 1 aromatic rings. The van der Waals surface area contributed by atoms with E-state index >= 15 is 0 Å². The van der Waals surface area contributed by atoms with E-state index in [0.717, 1.165) is 45.3 Å². The lowest BCUT2D eigenvalue weighted by Crippen LogP contribution is -2.36. The Labute approximate surface area is 118 Å². The highest BCUT2D eigenvalue weighted by Gasteiger charge is 2.33. The van der Waals surface area contributed by atoms with Gasteiger partial charge in [-0.15, -0.1) is 10.2 Å². The lowest BCUT2D eigenvalue weighted by Gasteiger charge is -2.30. The van der Waals surface area contributed by atoms with Gasteiger partial charge in [-0.05, 0) is 51.7 Å². The molecule has 1 unspecified atom stereocenters. The lowest BCUT2D eigenvalue weighted by molar-refractivity contribution is -0.133. The molecule has 0 saturated carbocycles. The number of hydrogen-bond donors (Lipinski definition) is 1. The van der Waals surface area contributed by atoms with Crippen LogP contribution in [0.5, 0.6) is 0 Å². The van der Waals surface area contributed by atoms with Crippen molar-refractivity contribution in [2.24, 2.45) is 5.92 Å². The number of tetrazole rings is 1. The molecule has 20 heavy (non-hydrogen) atoms. The van der Waals surface area contributed by atoms with Crippen LogP contribution in [0, 0.1) is 5.92 Å². The topological polar surface area (TPSA) is 78.0 Å². The standard InChI is InChI=1S/C13H22N6O/c1-18-7-4-10(5-8-18)9-12(20)19-6-2-3-11(19)13-14-16-17-15-13/h10-11H,2-9H2,1H3,(H,14,15,16,17). The molecule has 2 fully saturated rings. The summed E-state index contributed by atoms with van der Waals surface area (Å²) in [7, 11) is 2.14. The number of nitrogens with one attached hydrogen (secondary N) is 1. The van der Waals surface area contributed by atoms with Crippen LogP contribution in [0.25, 0.3) is 0 Å². The molecule has 1 amide bonds. The molecule has 2 saturated heterocycles. The summed E-state index contributed by atoms with van der Waals surface area (Å²) in [6.07, 6.45) is 4.89. The number of aromatic amines is 1. The average Bonchev–Trinajstić information content (AvgIpc) is 3.11. The molecule has 0 aliphatic carbocycles. The summed E-state index contributed by atoms with van der Waals surface area (Å²) in [4.78, 5) is 16.8. The zero-order chi connectivity index (χ0) is 13.9. The van der Waals surface area contributed by atoms with E-state index in [4.69, 9.17) is 0 Å². The van der Waals surface area contributed by atoms with Gasteiger partial charge in [0, 0.05) is 13.0 Å². The van der Waals surface area contributed by atoms with Crippen LogP contribution in [0.1, 0.15) is 44.0 Å². The number of amides is 1.